The first-order valence-electron chi connectivity index (χ1n) is 7.01. The van der Waals surface area contributed by atoms with Crippen molar-refractivity contribution < 1.29 is 13.2 Å². The van der Waals surface area contributed by atoms with Crippen molar-refractivity contribution in [1.82, 2.24) is 9.62 Å². The van der Waals surface area contributed by atoms with Gasteiger partial charge in [0, 0.05) is 37.7 Å². The van der Waals surface area contributed by atoms with Gasteiger partial charge in [-0.3, -0.25) is 0 Å². The third kappa shape index (κ3) is 4.05. The lowest BCUT2D eigenvalue weighted by molar-refractivity contribution is 0.0632. The summed E-state index contributed by atoms with van der Waals surface area (Å²) >= 11 is 4.87. The van der Waals surface area contributed by atoms with E-state index in [4.69, 9.17) is 4.74 Å². The van der Waals surface area contributed by atoms with E-state index in [9.17, 15) is 8.42 Å². The molecule has 1 aromatic rings. The molecule has 0 bridgehead atoms. The minimum Gasteiger partial charge on any atom is -0.381 e. The molecule has 8 heteroatoms. The van der Waals surface area contributed by atoms with Crippen LogP contribution in [0, 0.1) is 0 Å². The first kappa shape index (κ1) is 17.4. The van der Waals surface area contributed by atoms with Gasteiger partial charge in [0.05, 0.1) is 3.79 Å². The summed E-state index contributed by atoms with van der Waals surface area (Å²) in [6.07, 6.45) is 1.50. The van der Waals surface area contributed by atoms with Gasteiger partial charge in [-0.2, -0.15) is 4.31 Å². The molecule has 1 aliphatic heterocycles. The number of nitrogens with one attached hydrogen (secondary N) is 1. The number of hydrogen-bond acceptors (Lipinski definition) is 5. The van der Waals surface area contributed by atoms with Crippen LogP contribution in [0.1, 0.15) is 24.6 Å². The van der Waals surface area contributed by atoms with Gasteiger partial charge >= 0.3 is 0 Å². The number of halogens is 1. The second-order valence-electron chi connectivity index (χ2n) is 5.00. The van der Waals surface area contributed by atoms with Gasteiger partial charge in [-0.15, -0.1) is 11.3 Å². The van der Waals surface area contributed by atoms with E-state index in [0.717, 1.165) is 24.3 Å². The van der Waals surface area contributed by atoms with E-state index in [1.807, 2.05) is 6.92 Å². The molecule has 5 nitrogen and oxygen atoms in total. The lowest BCUT2D eigenvalue weighted by Gasteiger charge is -2.30. The molecule has 1 saturated heterocycles. The smallest absolute Gasteiger partial charge is 0.245 e. The Morgan fingerprint density at radius 2 is 2.14 bits per heavy atom. The standard InChI is InChI=1S/C13H21BrN2O3S2/c1-3-15-9-11-8-12(13(14)20-11)21(17,18)16(2)10-4-6-19-7-5-10/h8,10,15H,3-7,9H2,1-2H3. The lowest BCUT2D eigenvalue weighted by Crippen LogP contribution is -2.40. The molecule has 120 valence electrons. The molecule has 1 aliphatic rings. The van der Waals surface area contributed by atoms with E-state index >= 15 is 0 Å². The van der Waals surface area contributed by atoms with Crippen molar-refractivity contribution in [2.24, 2.45) is 0 Å². The fourth-order valence-corrected chi connectivity index (χ4v) is 6.32. The van der Waals surface area contributed by atoms with E-state index in [1.165, 1.54) is 15.6 Å². The Kier molecular flexibility index (Phi) is 6.22. The summed E-state index contributed by atoms with van der Waals surface area (Å²) in [5.74, 6) is 0. The van der Waals surface area contributed by atoms with Gasteiger partial charge in [-0.25, -0.2) is 8.42 Å². The van der Waals surface area contributed by atoms with Crippen molar-refractivity contribution in [3.05, 3.63) is 14.7 Å². The number of thiophene rings is 1. The Morgan fingerprint density at radius 3 is 2.76 bits per heavy atom. The molecule has 1 fully saturated rings. The molecule has 0 atom stereocenters. The average Bonchev–Trinajstić information content (AvgIpc) is 2.87. The minimum absolute atomic E-state index is 0.0211. The Bertz CT molecular complexity index is 568. The highest BCUT2D eigenvalue weighted by atomic mass is 79.9. The average molecular weight is 397 g/mol. The molecule has 0 spiro atoms. The number of rotatable bonds is 6. The van der Waals surface area contributed by atoms with Crippen molar-refractivity contribution in [2.75, 3.05) is 26.8 Å². The quantitative estimate of drug-likeness (QED) is 0.801. The molecular formula is C13H21BrN2O3S2. The van der Waals surface area contributed by atoms with E-state index in [-0.39, 0.29) is 6.04 Å². The lowest BCUT2D eigenvalue weighted by atomic mass is 10.1. The summed E-state index contributed by atoms with van der Waals surface area (Å²) in [7, 11) is -1.79. The van der Waals surface area contributed by atoms with E-state index in [0.29, 0.717) is 28.4 Å². The molecule has 21 heavy (non-hydrogen) atoms. The van der Waals surface area contributed by atoms with Gasteiger partial charge in [-0.05, 0) is 41.4 Å². The summed E-state index contributed by atoms with van der Waals surface area (Å²) in [5, 5.41) is 3.21. The number of hydrogen-bond donors (Lipinski definition) is 1. The molecule has 0 saturated carbocycles. The molecule has 2 heterocycles. The number of sulfonamides is 1. The molecule has 0 radical (unpaired) electrons. The second kappa shape index (κ2) is 7.52. The normalized spacial score (nSPS) is 17.5. The zero-order valence-corrected chi connectivity index (χ0v) is 15.5. The largest absolute Gasteiger partial charge is 0.381 e. The molecule has 0 aromatic carbocycles. The highest BCUT2D eigenvalue weighted by Gasteiger charge is 2.31. The van der Waals surface area contributed by atoms with Crippen molar-refractivity contribution in [3.63, 3.8) is 0 Å². The summed E-state index contributed by atoms with van der Waals surface area (Å²) < 4.78 is 33.0. The molecule has 0 aliphatic carbocycles. The fourth-order valence-electron chi connectivity index (χ4n) is 2.31. The van der Waals surface area contributed by atoms with Crippen LogP contribution in [-0.2, 0) is 21.3 Å². The molecular weight excluding hydrogens is 376 g/mol. The van der Waals surface area contributed by atoms with Gasteiger partial charge in [0.1, 0.15) is 4.90 Å². The highest BCUT2D eigenvalue weighted by molar-refractivity contribution is 9.11. The van der Waals surface area contributed by atoms with Crippen LogP contribution in [0.25, 0.3) is 0 Å². The highest BCUT2D eigenvalue weighted by Crippen LogP contribution is 2.34. The van der Waals surface area contributed by atoms with E-state index in [2.05, 4.69) is 21.2 Å². The summed E-state index contributed by atoms with van der Waals surface area (Å²) in [6.45, 7) is 4.83. The van der Waals surface area contributed by atoms with Crippen LogP contribution < -0.4 is 5.32 Å². The van der Waals surface area contributed by atoms with Crippen LogP contribution in [0.5, 0.6) is 0 Å². The Labute approximate surface area is 138 Å². The molecule has 0 amide bonds. The number of nitrogens with zero attached hydrogens (tertiary/aromatic N) is 1. The van der Waals surface area contributed by atoms with Crippen molar-refractivity contribution in [2.45, 2.75) is 37.2 Å². The number of ether oxygens (including phenoxy) is 1. The topological polar surface area (TPSA) is 58.6 Å². The fraction of sp³-hybridized carbons (Fsp3) is 0.692. The maximum absolute atomic E-state index is 12.8. The Balaban J connectivity index is 2.19. The predicted molar refractivity (Wildman–Crippen MR) is 88.2 cm³/mol. The molecule has 2 rings (SSSR count). The second-order valence-corrected chi connectivity index (χ2v) is 9.42. The van der Waals surface area contributed by atoms with Crippen LogP contribution in [0.2, 0.25) is 0 Å². The van der Waals surface area contributed by atoms with Gasteiger partial charge in [0.2, 0.25) is 10.0 Å². The predicted octanol–water partition coefficient (Wildman–Crippen LogP) is 2.42. The third-order valence-electron chi connectivity index (χ3n) is 3.62. The summed E-state index contributed by atoms with van der Waals surface area (Å²) in [4.78, 5) is 1.39. The zero-order chi connectivity index (χ0) is 15.5. The van der Waals surface area contributed by atoms with Crippen LogP contribution in [-0.4, -0.2) is 45.6 Å². The Morgan fingerprint density at radius 1 is 1.48 bits per heavy atom. The van der Waals surface area contributed by atoms with Gasteiger partial charge in [0.25, 0.3) is 0 Å². The van der Waals surface area contributed by atoms with Gasteiger partial charge < -0.3 is 10.1 Å². The van der Waals surface area contributed by atoms with Crippen molar-refractivity contribution in [3.8, 4) is 0 Å². The van der Waals surface area contributed by atoms with Crippen LogP contribution in [0.3, 0.4) is 0 Å². The maximum atomic E-state index is 12.8. The van der Waals surface area contributed by atoms with Gasteiger partial charge in [-0.1, -0.05) is 6.92 Å². The minimum atomic E-state index is -3.46. The van der Waals surface area contributed by atoms with Crippen LogP contribution in [0.4, 0.5) is 0 Å². The van der Waals surface area contributed by atoms with Crippen molar-refractivity contribution in [1.29, 1.82) is 0 Å². The SMILES string of the molecule is CCNCc1cc(S(=O)(=O)N(C)C2CCOCC2)c(Br)s1. The van der Waals surface area contributed by atoms with E-state index < -0.39 is 10.0 Å². The van der Waals surface area contributed by atoms with Crippen LogP contribution in [0.15, 0.2) is 14.7 Å². The molecule has 0 unspecified atom stereocenters. The van der Waals surface area contributed by atoms with E-state index in [1.54, 1.807) is 13.1 Å². The maximum Gasteiger partial charge on any atom is 0.245 e. The Hall–Kier alpha value is 0.01000. The summed E-state index contributed by atoms with van der Waals surface area (Å²) in [6, 6.07) is 1.79. The third-order valence-corrected chi connectivity index (χ3v) is 7.78. The monoisotopic (exact) mass is 396 g/mol. The van der Waals surface area contributed by atoms with Crippen molar-refractivity contribution >= 4 is 37.3 Å². The van der Waals surface area contributed by atoms with Gasteiger partial charge in [0.15, 0.2) is 0 Å². The zero-order valence-electron chi connectivity index (χ0n) is 12.3. The van der Waals surface area contributed by atoms with Crippen LogP contribution >= 0.6 is 27.3 Å². The molecule has 1 aromatic heterocycles. The first-order valence-corrected chi connectivity index (χ1v) is 10.1. The summed E-state index contributed by atoms with van der Waals surface area (Å²) in [5.41, 5.74) is 0. The molecule has 1 N–H and O–H groups in total. The first-order chi connectivity index (χ1) is 9.96.